The average Bonchev–Trinajstić information content (AvgIpc) is 2.39. The molecule has 4 nitrogen and oxygen atoms in total. The van der Waals surface area contributed by atoms with Crippen molar-refractivity contribution in [2.75, 3.05) is 53.5 Å². The van der Waals surface area contributed by atoms with Crippen LogP contribution >= 0.6 is 0 Å². The molecule has 1 unspecified atom stereocenters. The summed E-state index contributed by atoms with van der Waals surface area (Å²) in [5, 5.41) is 0. The average molecular weight is 260 g/mol. The lowest BCUT2D eigenvalue weighted by Gasteiger charge is -2.34. The molecule has 4 heteroatoms. The summed E-state index contributed by atoms with van der Waals surface area (Å²) < 4.78 is 11.0. The van der Waals surface area contributed by atoms with E-state index in [0.29, 0.717) is 6.61 Å². The lowest BCUT2D eigenvalue weighted by Crippen LogP contribution is -2.48. The lowest BCUT2D eigenvalue weighted by molar-refractivity contribution is -0.0335. The molecular formula is C14H32N2O2. The maximum Gasteiger partial charge on any atom is 0.0931 e. The first-order chi connectivity index (χ1) is 8.61. The summed E-state index contributed by atoms with van der Waals surface area (Å²) in [4.78, 5) is 4.82. The number of likely N-dealkylation sites (N-methyl/N-ethyl adjacent to an activating group) is 1. The van der Waals surface area contributed by atoms with E-state index in [1.54, 1.807) is 7.11 Å². The molecule has 1 atom stereocenters. The van der Waals surface area contributed by atoms with Gasteiger partial charge in [-0.3, -0.25) is 4.90 Å². The molecule has 1 rings (SSSR count). The van der Waals surface area contributed by atoms with E-state index in [0.717, 1.165) is 32.7 Å². The first kappa shape index (κ1) is 17.8. The van der Waals surface area contributed by atoms with Crippen LogP contribution in [0.15, 0.2) is 0 Å². The fraction of sp³-hybridized carbons (Fsp3) is 1.00. The Kier molecular flexibility index (Phi) is 10.6. The molecule has 0 aromatic rings. The second kappa shape index (κ2) is 10.7. The molecule has 1 aliphatic rings. The molecule has 1 fully saturated rings. The molecule has 1 saturated heterocycles. The Labute approximate surface area is 113 Å². The summed E-state index contributed by atoms with van der Waals surface area (Å²) in [5.41, 5.74) is 0. The number of rotatable bonds is 6. The summed E-state index contributed by atoms with van der Waals surface area (Å²) in [6.45, 7) is 14.4. The highest BCUT2D eigenvalue weighted by Crippen LogP contribution is 2.03. The van der Waals surface area contributed by atoms with E-state index in [-0.39, 0.29) is 12.2 Å². The van der Waals surface area contributed by atoms with E-state index in [2.05, 4.69) is 30.7 Å². The maximum atomic E-state index is 5.60. The van der Waals surface area contributed by atoms with E-state index in [4.69, 9.17) is 9.47 Å². The monoisotopic (exact) mass is 260 g/mol. The third-order valence-corrected chi connectivity index (χ3v) is 3.01. The Hall–Kier alpha value is -0.160. The quantitative estimate of drug-likeness (QED) is 0.726. The van der Waals surface area contributed by atoms with Crippen molar-refractivity contribution in [3.05, 3.63) is 0 Å². The Balaban J connectivity index is 0.00000137. The van der Waals surface area contributed by atoms with Crippen molar-refractivity contribution in [2.45, 2.75) is 39.9 Å². The molecule has 0 amide bonds. The minimum Gasteiger partial charge on any atom is -0.378 e. The molecule has 0 aromatic carbocycles. The fourth-order valence-corrected chi connectivity index (χ4v) is 1.81. The zero-order chi connectivity index (χ0) is 14.0. The van der Waals surface area contributed by atoms with Gasteiger partial charge < -0.3 is 14.4 Å². The molecule has 0 N–H and O–H groups in total. The van der Waals surface area contributed by atoms with Crippen LogP contribution in [0.2, 0.25) is 0 Å². The standard InChI is InChI=1S/C12H26N2O2.C2H6/c1-11(2)16-10-12(15-4)9-14-7-5-13(3)6-8-14;1-2/h11-12H,5-10H2,1-4H3;1-2H3. The number of hydrogen-bond acceptors (Lipinski definition) is 4. The number of ether oxygens (including phenoxy) is 2. The molecule has 0 radical (unpaired) electrons. The van der Waals surface area contributed by atoms with Crippen LogP contribution in [-0.2, 0) is 9.47 Å². The molecule has 1 aliphatic heterocycles. The van der Waals surface area contributed by atoms with Gasteiger partial charge in [0.1, 0.15) is 0 Å². The van der Waals surface area contributed by atoms with Crippen LogP contribution in [0, 0.1) is 0 Å². The first-order valence-corrected chi connectivity index (χ1v) is 7.17. The Morgan fingerprint density at radius 1 is 1.06 bits per heavy atom. The summed E-state index contributed by atoms with van der Waals surface area (Å²) in [7, 11) is 3.94. The first-order valence-electron chi connectivity index (χ1n) is 7.17. The van der Waals surface area contributed by atoms with Gasteiger partial charge in [0, 0.05) is 39.8 Å². The van der Waals surface area contributed by atoms with E-state index in [1.165, 1.54) is 0 Å². The van der Waals surface area contributed by atoms with Crippen molar-refractivity contribution in [1.29, 1.82) is 0 Å². The van der Waals surface area contributed by atoms with Gasteiger partial charge >= 0.3 is 0 Å². The zero-order valence-electron chi connectivity index (χ0n) is 13.1. The van der Waals surface area contributed by atoms with Crippen molar-refractivity contribution in [1.82, 2.24) is 9.80 Å². The summed E-state index contributed by atoms with van der Waals surface area (Å²) >= 11 is 0. The van der Waals surface area contributed by atoms with E-state index in [9.17, 15) is 0 Å². The second-order valence-electron chi connectivity index (χ2n) is 4.84. The van der Waals surface area contributed by atoms with Crippen LogP contribution in [0.3, 0.4) is 0 Å². The summed E-state index contributed by atoms with van der Waals surface area (Å²) in [5.74, 6) is 0. The highest BCUT2D eigenvalue weighted by Gasteiger charge is 2.18. The number of nitrogens with zero attached hydrogens (tertiary/aromatic N) is 2. The van der Waals surface area contributed by atoms with Gasteiger partial charge in [0.25, 0.3) is 0 Å². The van der Waals surface area contributed by atoms with Crippen LogP contribution in [0.25, 0.3) is 0 Å². The second-order valence-corrected chi connectivity index (χ2v) is 4.84. The smallest absolute Gasteiger partial charge is 0.0931 e. The molecule has 0 spiro atoms. The van der Waals surface area contributed by atoms with E-state index >= 15 is 0 Å². The van der Waals surface area contributed by atoms with Gasteiger partial charge in [0.2, 0.25) is 0 Å². The third-order valence-electron chi connectivity index (χ3n) is 3.01. The fourth-order valence-electron chi connectivity index (χ4n) is 1.81. The van der Waals surface area contributed by atoms with Gasteiger partial charge in [-0.15, -0.1) is 0 Å². The molecule has 110 valence electrons. The van der Waals surface area contributed by atoms with Crippen LogP contribution < -0.4 is 0 Å². The summed E-state index contributed by atoms with van der Waals surface area (Å²) in [6, 6.07) is 0. The van der Waals surface area contributed by atoms with E-state index in [1.807, 2.05) is 13.8 Å². The minimum atomic E-state index is 0.200. The van der Waals surface area contributed by atoms with E-state index < -0.39 is 0 Å². The Morgan fingerprint density at radius 2 is 1.61 bits per heavy atom. The minimum absolute atomic E-state index is 0.200. The Bertz CT molecular complexity index is 181. The molecule has 18 heavy (non-hydrogen) atoms. The predicted octanol–water partition coefficient (Wildman–Crippen LogP) is 1.70. The van der Waals surface area contributed by atoms with Crippen LogP contribution in [0.1, 0.15) is 27.7 Å². The molecular weight excluding hydrogens is 228 g/mol. The van der Waals surface area contributed by atoms with Gasteiger partial charge in [-0.1, -0.05) is 13.8 Å². The van der Waals surface area contributed by atoms with Gasteiger partial charge in [-0.05, 0) is 20.9 Å². The normalized spacial score (nSPS) is 19.5. The summed E-state index contributed by atoms with van der Waals surface area (Å²) in [6.07, 6.45) is 0.482. The number of methoxy groups -OCH3 is 1. The van der Waals surface area contributed by atoms with Crippen molar-refractivity contribution in [3.8, 4) is 0 Å². The molecule has 0 aromatic heterocycles. The zero-order valence-corrected chi connectivity index (χ0v) is 13.1. The molecule has 1 heterocycles. The third kappa shape index (κ3) is 8.03. The molecule has 0 saturated carbocycles. The van der Waals surface area contributed by atoms with Crippen molar-refractivity contribution in [2.24, 2.45) is 0 Å². The molecule has 0 aliphatic carbocycles. The number of piperazine rings is 1. The van der Waals surface area contributed by atoms with Gasteiger partial charge in [0.05, 0.1) is 18.8 Å². The maximum absolute atomic E-state index is 5.60. The predicted molar refractivity (Wildman–Crippen MR) is 77.2 cm³/mol. The SMILES string of the molecule is CC.COC(COC(C)C)CN1CCN(C)CC1. The topological polar surface area (TPSA) is 24.9 Å². The number of hydrogen-bond donors (Lipinski definition) is 0. The highest BCUT2D eigenvalue weighted by molar-refractivity contribution is 4.72. The van der Waals surface area contributed by atoms with Crippen LogP contribution in [0.4, 0.5) is 0 Å². The lowest BCUT2D eigenvalue weighted by atomic mass is 10.2. The van der Waals surface area contributed by atoms with Crippen molar-refractivity contribution in [3.63, 3.8) is 0 Å². The highest BCUT2D eigenvalue weighted by atomic mass is 16.5. The van der Waals surface area contributed by atoms with Gasteiger partial charge in [0.15, 0.2) is 0 Å². The van der Waals surface area contributed by atoms with Gasteiger partial charge in [-0.2, -0.15) is 0 Å². The largest absolute Gasteiger partial charge is 0.378 e. The van der Waals surface area contributed by atoms with Crippen molar-refractivity contribution >= 4 is 0 Å². The van der Waals surface area contributed by atoms with Crippen LogP contribution in [-0.4, -0.2) is 75.5 Å². The van der Waals surface area contributed by atoms with Gasteiger partial charge in [-0.25, -0.2) is 0 Å². The Morgan fingerprint density at radius 3 is 2.06 bits per heavy atom. The van der Waals surface area contributed by atoms with Crippen LogP contribution in [0.5, 0.6) is 0 Å². The molecule has 0 bridgehead atoms. The van der Waals surface area contributed by atoms with Crippen molar-refractivity contribution < 1.29 is 9.47 Å².